The number of sulfone groups is 1. The van der Waals surface area contributed by atoms with Crippen LogP contribution in [0.3, 0.4) is 0 Å². The minimum absolute atomic E-state index is 0.0222. The van der Waals surface area contributed by atoms with Crippen molar-refractivity contribution < 1.29 is 26.7 Å². The molecule has 0 bridgehead atoms. The fourth-order valence-electron chi connectivity index (χ4n) is 2.91. The van der Waals surface area contributed by atoms with Crippen LogP contribution in [0.4, 0.5) is 18.9 Å². The predicted molar refractivity (Wildman–Crippen MR) is 101 cm³/mol. The van der Waals surface area contributed by atoms with Crippen LogP contribution in [0.1, 0.15) is 11.1 Å². The number of aryl methyl sites for hydroxylation is 1. The van der Waals surface area contributed by atoms with Crippen molar-refractivity contribution in [1.82, 2.24) is 0 Å². The Morgan fingerprint density at radius 3 is 2.29 bits per heavy atom. The molecule has 1 N–H and O–H groups in total. The van der Waals surface area contributed by atoms with Gasteiger partial charge in [0, 0.05) is 17.5 Å². The Kier molecular flexibility index (Phi) is 4.97. The van der Waals surface area contributed by atoms with Gasteiger partial charge in [-0.1, -0.05) is 23.7 Å². The quantitative estimate of drug-likeness (QED) is 0.805. The number of nitrogens with zero attached hydrogens (tertiary/aromatic N) is 2. The van der Waals surface area contributed by atoms with Crippen LogP contribution in [0.2, 0.25) is 5.02 Å². The summed E-state index contributed by atoms with van der Waals surface area (Å²) < 4.78 is 63.6. The van der Waals surface area contributed by atoms with E-state index in [0.29, 0.717) is 5.56 Å². The molecule has 2 aromatic carbocycles. The number of hydrogen-bond donors (Lipinski definition) is 1. The van der Waals surface area contributed by atoms with E-state index >= 15 is 0 Å². The summed E-state index contributed by atoms with van der Waals surface area (Å²) in [5.41, 5.74) is -2.23. The fraction of sp³-hybridized carbons (Fsp3) is 0.278. The number of halogens is 4. The molecule has 3 rings (SSSR count). The van der Waals surface area contributed by atoms with Crippen LogP contribution in [-0.4, -0.2) is 44.1 Å². The van der Waals surface area contributed by atoms with Gasteiger partial charge in [-0.2, -0.15) is 13.2 Å². The Balaban J connectivity index is 2.16. The van der Waals surface area contributed by atoms with E-state index < -0.39 is 28.3 Å². The van der Waals surface area contributed by atoms with E-state index in [-0.39, 0.29) is 27.0 Å². The summed E-state index contributed by atoms with van der Waals surface area (Å²) in [6.45, 7) is 0.786. The molecule has 0 spiro atoms. The molecule has 0 fully saturated rings. The summed E-state index contributed by atoms with van der Waals surface area (Å²) in [7, 11) is -3.47. The van der Waals surface area contributed by atoms with Crippen molar-refractivity contribution in [3.63, 3.8) is 0 Å². The maximum atomic E-state index is 13.4. The van der Waals surface area contributed by atoms with Crippen LogP contribution in [0.25, 0.3) is 0 Å². The smallest absolute Gasteiger partial charge is 0.361 e. The van der Waals surface area contributed by atoms with Crippen LogP contribution in [0.15, 0.2) is 52.4 Å². The monoisotopic (exact) mass is 432 g/mol. The standard InChI is InChI=1S/C18H16ClF3N2O3S/c1-11-4-3-5-14(19)15(11)16-23-17(25,18(20,21)22)10-24(16)12-6-8-13(9-7-12)28(2,26)27/h3-9,25H,10H2,1-2H3. The third-order valence-electron chi connectivity index (χ3n) is 4.40. The molecule has 0 radical (unpaired) electrons. The number of aliphatic hydroxyl groups is 1. The Labute approximate surface area is 165 Å². The van der Waals surface area contributed by atoms with E-state index in [4.69, 9.17) is 11.6 Å². The first-order valence-electron chi connectivity index (χ1n) is 8.05. The lowest BCUT2D eigenvalue weighted by atomic mass is 10.1. The number of anilines is 1. The van der Waals surface area contributed by atoms with Crippen LogP contribution < -0.4 is 4.90 Å². The lowest BCUT2D eigenvalue weighted by Crippen LogP contribution is -2.47. The van der Waals surface area contributed by atoms with Crippen molar-refractivity contribution >= 4 is 33.0 Å². The minimum Gasteiger partial charge on any atom is -0.361 e. The molecule has 1 heterocycles. The second-order valence-corrected chi connectivity index (χ2v) is 8.96. The van der Waals surface area contributed by atoms with Gasteiger partial charge in [0.25, 0.3) is 5.72 Å². The van der Waals surface area contributed by atoms with Gasteiger partial charge in [0.05, 0.1) is 16.5 Å². The first-order chi connectivity index (χ1) is 12.8. The molecular formula is C18H16ClF3N2O3S. The van der Waals surface area contributed by atoms with Crippen molar-refractivity contribution in [2.24, 2.45) is 4.99 Å². The second kappa shape index (κ2) is 6.75. The van der Waals surface area contributed by atoms with Crippen molar-refractivity contribution in [2.45, 2.75) is 23.7 Å². The van der Waals surface area contributed by atoms with E-state index in [1.807, 2.05) is 0 Å². The summed E-state index contributed by atoms with van der Waals surface area (Å²) in [5.74, 6) is -0.143. The molecule has 5 nitrogen and oxygen atoms in total. The van der Waals surface area contributed by atoms with Crippen LogP contribution in [0.5, 0.6) is 0 Å². The number of hydrogen-bond acceptors (Lipinski definition) is 5. The molecule has 1 unspecified atom stereocenters. The molecule has 2 aromatic rings. The van der Waals surface area contributed by atoms with Gasteiger partial charge < -0.3 is 10.0 Å². The number of amidine groups is 1. The molecule has 0 aliphatic carbocycles. The van der Waals surface area contributed by atoms with Gasteiger partial charge in [0.1, 0.15) is 5.84 Å². The van der Waals surface area contributed by atoms with Gasteiger partial charge in [-0.15, -0.1) is 0 Å². The Morgan fingerprint density at radius 2 is 1.79 bits per heavy atom. The van der Waals surface area contributed by atoms with Crippen molar-refractivity contribution in [3.05, 3.63) is 58.6 Å². The largest absolute Gasteiger partial charge is 0.440 e. The lowest BCUT2D eigenvalue weighted by molar-refractivity contribution is -0.249. The maximum absolute atomic E-state index is 13.4. The van der Waals surface area contributed by atoms with E-state index in [1.165, 1.54) is 35.2 Å². The Bertz CT molecular complexity index is 1030. The Morgan fingerprint density at radius 1 is 1.18 bits per heavy atom. The first-order valence-corrected chi connectivity index (χ1v) is 10.3. The van der Waals surface area contributed by atoms with Crippen molar-refractivity contribution in [2.75, 3.05) is 17.7 Å². The molecule has 1 aliphatic rings. The van der Waals surface area contributed by atoms with Crippen LogP contribution in [0, 0.1) is 6.92 Å². The van der Waals surface area contributed by atoms with E-state index in [9.17, 15) is 26.7 Å². The number of β-amino-alcohol motifs (C(OH)–C–C–N with tert-alkyl or cyclic N) is 1. The third-order valence-corrected chi connectivity index (χ3v) is 5.84. The number of benzene rings is 2. The molecule has 28 heavy (non-hydrogen) atoms. The summed E-state index contributed by atoms with van der Waals surface area (Å²) in [5, 5.41) is 10.3. The first kappa shape index (κ1) is 20.6. The maximum Gasteiger partial charge on any atom is 0.440 e. The Hall–Kier alpha value is -2.10. The van der Waals surface area contributed by atoms with E-state index in [1.54, 1.807) is 19.1 Å². The van der Waals surface area contributed by atoms with Gasteiger partial charge >= 0.3 is 6.18 Å². The molecular weight excluding hydrogens is 417 g/mol. The normalized spacial score (nSPS) is 20.4. The van der Waals surface area contributed by atoms with Gasteiger partial charge in [-0.05, 0) is 42.8 Å². The topological polar surface area (TPSA) is 70.0 Å². The summed E-state index contributed by atoms with van der Waals surface area (Å²) in [4.78, 5) is 4.78. The lowest BCUT2D eigenvalue weighted by Gasteiger charge is -2.26. The molecule has 10 heteroatoms. The molecule has 0 saturated heterocycles. The van der Waals surface area contributed by atoms with E-state index in [2.05, 4.69) is 4.99 Å². The number of rotatable bonds is 3. The highest BCUT2D eigenvalue weighted by Crippen LogP contribution is 2.40. The zero-order valence-electron chi connectivity index (χ0n) is 14.8. The predicted octanol–water partition coefficient (Wildman–Crippen LogP) is 3.57. The average Bonchev–Trinajstić information content (AvgIpc) is 2.93. The van der Waals surface area contributed by atoms with Crippen molar-refractivity contribution in [3.8, 4) is 0 Å². The molecule has 0 aromatic heterocycles. The zero-order chi connectivity index (χ0) is 20.9. The van der Waals surface area contributed by atoms with Gasteiger partial charge in [-0.25, -0.2) is 13.4 Å². The highest BCUT2D eigenvalue weighted by Gasteiger charge is 2.59. The highest BCUT2D eigenvalue weighted by molar-refractivity contribution is 7.90. The minimum atomic E-state index is -5.01. The second-order valence-electron chi connectivity index (χ2n) is 6.53. The summed E-state index contributed by atoms with van der Waals surface area (Å²) in [6, 6.07) is 10.1. The highest BCUT2D eigenvalue weighted by atomic mass is 35.5. The molecule has 0 saturated carbocycles. The molecule has 1 aliphatic heterocycles. The zero-order valence-corrected chi connectivity index (χ0v) is 16.4. The molecule has 1 atom stereocenters. The molecule has 0 amide bonds. The summed E-state index contributed by atoms with van der Waals surface area (Å²) in [6.07, 6.45) is -3.98. The summed E-state index contributed by atoms with van der Waals surface area (Å²) >= 11 is 6.21. The van der Waals surface area contributed by atoms with Crippen LogP contribution in [-0.2, 0) is 9.84 Å². The number of alkyl halides is 3. The van der Waals surface area contributed by atoms with Gasteiger partial charge in [0.15, 0.2) is 9.84 Å². The van der Waals surface area contributed by atoms with Gasteiger partial charge in [0.2, 0.25) is 0 Å². The number of aliphatic imine (C=N–C) groups is 1. The molecule has 150 valence electrons. The average molecular weight is 433 g/mol. The van der Waals surface area contributed by atoms with Gasteiger partial charge in [-0.3, -0.25) is 0 Å². The van der Waals surface area contributed by atoms with Crippen LogP contribution >= 0.6 is 11.6 Å². The fourth-order valence-corrected chi connectivity index (χ4v) is 3.85. The third kappa shape index (κ3) is 3.61. The SMILES string of the molecule is Cc1cccc(Cl)c1C1=NC(O)(C(F)(F)F)CN1c1ccc(S(C)(=O)=O)cc1. The van der Waals surface area contributed by atoms with Crippen molar-refractivity contribution in [1.29, 1.82) is 0 Å². The van der Waals surface area contributed by atoms with E-state index in [0.717, 1.165) is 6.26 Å².